The molecule has 0 spiro atoms. The zero-order valence-corrected chi connectivity index (χ0v) is 19.2. The second-order valence-corrected chi connectivity index (χ2v) is 8.73. The number of hydrogen-bond donors (Lipinski definition) is 1. The number of rotatable bonds is 7. The van der Waals surface area contributed by atoms with Crippen molar-refractivity contribution in [2.24, 2.45) is 0 Å². The summed E-state index contributed by atoms with van der Waals surface area (Å²) in [5.74, 6) is 1.40. The molecule has 0 saturated carbocycles. The molecular formula is C23H31N7O3. The molecule has 2 saturated heterocycles. The SMILES string of the molecule is CCN1CCN(C(c2cc3ccc(OC)cc3[nH]c2=O)c2nnnn2CC2CCCO2)CC1. The van der Waals surface area contributed by atoms with Crippen molar-refractivity contribution in [3.63, 3.8) is 0 Å². The molecule has 10 nitrogen and oxygen atoms in total. The zero-order chi connectivity index (χ0) is 22.8. The number of nitrogens with one attached hydrogen (secondary N) is 1. The fraction of sp³-hybridized carbons (Fsp3) is 0.565. The van der Waals surface area contributed by atoms with E-state index in [0.29, 0.717) is 23.7 Å². The number of hydrogen-bond acceptors (Lipinski definition) is 8. The first kappa shape index (κ1) is 22.0. The molecule has 0 bridgehead atoms. The van der Waals surface area contributed by atoms with Gasteiger partial charge < -0.3 is 19.4 Å². The van der Waals surface area contributed by atoms with Crippen LogP contribution in [0.25, 0.3) is 10.9 Å². The Kier molecular flexibility index (Phi) is 6.39. The molecule has 3 aromatic rings. The number of H-pyrrole nitrogens is 1. The fourth-order valence-corrected chi connectivity index (χ4v) is 4.88. The molecule has 4 heterocycles. The van der Waals surface area contributed by atoms with Gasteiger partial charge in [-0.3, -0.25) is 9.69 Å². The average molecular weight is 454 g/mol. The number of likely N-dealkylation sites (N-methyl/N-ethyl adjacent to an activating group) is 1. The van der Waals surface area contributed by atoms with Crippen molar-refractivity contribution in [3.8, 4) is 5.75 Å². The fourth-order valence-electron chi connectivity index (χ4n) is 4.88. The van der Waals surface area contributed by atoms with Crippen LogP contribution in [0.3, 0.4) is 0 Å². The van der Waals surface area contributed by atoms with Gasteiger partial charge in [-0.25, -0.2) is 4.68 Å². The molecule has 2 aromatic heterocycles. The first-order valence-electron chi connectivity index (χ1n) is 11.7. The van der Waals surface area contributed by atoms with Crippen LogP contribution in [0.2, 0.25) is 0 Å². The van der Waals surface area contributed by atoms with Crippen LogP contribution in [0.15, 0.2) is 29.1 Å². The van der Waals surface area contributed by atoms with E-state index in [0.717, 1.165) is 63.1 Å². The summed E-state index contributed by atoms with van der Waals surface area (Å²) >= 11 is 0. The third-order valence-corrected chi connectivity index (χ3v) is 6.80. The maximum Gasteiger partial charge on any atom is 0.253 e. The lowest BCUT2D eigenvalue weighted by molar-refractivity contribution is 0.0860. The molecule has 5 rings (SSSR count). The van der Waals surface area contributed by atoms with Crippen LogP contribution in [-0.2, 0) is 11.3 Å². The summed E-state index contributed by atoms with van der Waals surface area (Å²) < 4.78 is 13.0. The molecule has 2 aliphatic rings. The number of aromatic amines is 1. The number of nitrogens with zero attached hydrogens (tertiary/aromatic N) is 6. The lowest BCUT2D eigenvalue weighted by atomic mass is 10.0. The highest BCUT2D eigenvalue weighted by atomic mass is 16.5. The van der Waals surface area contributed by atoms with Crippen LogP contribution in [0.4, 0.5) is 0 Å². The molecule has 10 heteroatoms. The molecule has 2 atom stereocenters. The Balaban J connectivity index is 1.56. The summed E-state index contributed by atoms with van der Waals surface area (Å²) in [6, 6.07) is 7.35. The Bertz CT molecular complexity index is 1150. The highest BCUT2D eigenvalue weighted by molar-refractivity contribution is 5.80. The van der Waals surface area contributed by atoms with Gasteiger partial charge in [-0.1, -0.05) is 6.92 Å². The first-order valence-corrected chi connectivity index (χ1v) is 11.7. The quantitative estimate of drug-likeness (QED) is 0.573. The lowest BCUT2D eigenvalue weighted by Crippen LogP contribution is -2.49. The molecule has 176 valence electrons. The summed E-state index contributed by atoms with van der Waals surface area (Å²) in [6.45, 7) is 8.14. The van der Waals surface area contributed by atoms with Crippen molar-refractivity contribution in [1.82, 2.24) is 35.0 Å². The maximum atomic E-state index is 13.4. The summed E-state index contributed by atoms with van der Waals surface area (Å²) in [6.07, 6.45) is 2.16. The molecule has 33 heavy (non-hydrogen) atoms. The van der Waals surface area contributed by atoms with E-state index in [9.17, 15) is 4.79 Å². The molecule has 2 unspecified atom stereocenters. The Labute approximate surface area is 192 Å². The minimum atomic E-state index is -0.337. The Morgan fingerprint density at radius 2 is 2.09 bits per heavy atom. The molecular weight excluding hydrogens is 422 g/mol. The van der Waals surface area contributed by atoms with Crippen LogP contribution in [-0.4, -0.2) is 87.5 Å². The maximum absolute atomic E-state index is 13.4. The average Bonchev–Trinajstić information content (AvgIpc) is 3.52. The predicted octanol–water partition coefficient (Wildman–Crippen LogP) is 1.43. The second kappa shape index (κ2) is 9.58. The number of tetrazole rings is 1. The number of pyridine rings is 1. The van der Waals surface area contributed by atoms with Gasteiger partial charge in [-0.15, -0.1) is 5.10 Å². The van der Waals surface area contributed by atoms with Crippen molar-refractivity contribution < 1.29 is 9.47 Å². The minimum Gasteiger partial charge on any atom is -0.497 e. The highest BCUT2D eigenvalue weighted by Gasteiger charge is 2.33. The van der Waals surface area contributed by atoms with Crippen molar-refractivity contribution in [2.45, 2.75) is 38.5 Å². The van der Waals surface area contributed by atoms with E-state index in [-0.39, 0.29) is 17.7 Å². The monoisotopic (exact) mass is 453 g/mol. The predicted molar refractivity (Wildman–Crippen MR) is 123 cm³/mol. The molecule has 0 amide bonds. The van der Waals surface area contributed by atoms with E-state index >= 15 is 0 Å². The third-order valence-electron chi connectivity index (χ3n) is 6.80. The number of aromatic nitrogens is 5. The Morgan fingerprint density at radius 3 is 2.82 bits per heavy atom. The van der Waals surface area contributed by atoms with E-state index in [1.54, 1.807) is 7.11 Å². The Hall–Kier alpha value is -2.82. The van der Waals surface area contributed by atoms with Crippen LogP contribution in [0.5, 0.6) is 5.75 Å². The van der Waals surface area contributed by atoms with Gasteiger partial charge in [0.05, 0.1) is 25.3 Å². The van der Waals surface area contributed by atoms with Gasteiger partial charge in [0.2, 0.25) is 0 Å². The van der Waals surface area contributed by atoms with E-state index in [4.69, 9.17) is 9.47 Å². The molecule has 0 radical (unpaired) electrons. The summed E-state index contributed by atoms with van der Waals surface area (Å²) in [4.78, 5) is 21.1. The number of fused-ring (bicyclic) bond motifs is 1. The molecule has 2 fully saturated rings. The smallest absolute Gasteiger partial charge is 0.253 e. The van der Waals surface area contributed by atoms with Crippen molar-refractivity contribution >= 4 is 10.9 Å². The number of ether oxygens (including phenoxy) is 2. The van der Waals surface area contributed by atoms with E-state index in [1.165, 1.54) is 0 Å². The van der Waals surface area contributed by atoms with Gasteiger partial charge in [0, 0.05) is 44.4 Å². The summed E-state index contributed by atoms with van der Waals surface area (Å²) in [5.41, 5.74) is 1.27. The topological polar surface area (TPSA) is 101 Å². The van der Waals surface area contributed by atoms with E-state index in [2.05, 4.69) is 37.2 Å². The zero-order valence-electron chi connectivity index (χ0n) is 19.2. The van der Waals surface area contributed by atoms with Gasteiger partial charge in [0.15, 0.2) is 5.82 Å². The lowest BCUT2D eigenvalue weighted by Gasteiger charge is -2.38. The van der Waals surface area contributed by atoms with Crippen molar-refractivity contribution in [3.05, 3.63) is 46.0 Å². The number of methoxy groups -OCH3 is 1. The highest BCUT2D eigenvalue weighted by Crippen LogP contribution is 2.29. The van der Waals surface area contributed by atoms with Crippen LogP contribution < -0.4 is 10.3 Å². The summed E-state index contributed by atoms with van der Waals surface area (Å²) in [7, 11) is 1.62. The minimum absolute atomic E-state index is 0.104. The third kappa shape index (κ3) is 4.50. The Morgan fingerprint density at radius 1 is 1.24 bits per heavy atom. The number of piperazine rings is 1. The van der Waals surface area contributed by atoms with Crippen molar-refractivity contribution in [1.29, 1.82) is 0 Å². The van der Waals surface area contributed by atoms with Crippen LogP contribution in [0, 0.1) is 0 Å². The van der Waals surface area contributed by atoms with Gasteiger partial charge in [0.25, 0.3) is 5.56 Å². The largest absolute Gasteiger partial charge is 0.497 e. The normalized spacial score (nSPS) is 21.0. The first-order chi connectivity index (χ1) is 16.2. The second-order valence-electron chi connectivity index (χ2n) is 8.73. The molecule has 2 aliphatic heterocycles. The molecule has 0 aliphatic carbocycles. The van der Waals surface area contributed by atoms with Crippen LogP contribution >= 0.6 is 0 Å². The van der Waals surface area contributed by atoms with Gasteiger partial charge in [-0.05, 0) is 53.4 Å². The van der Waals surface area contributed by atoms with Crippen LogP contribution in [0.1, 0.15) is 37.2 Å². The van der Waals surface area contributed by atoms with Gasteiger partial charge >= 0.3 is 0 Å². The van der Waals surface area contributed by atoms with Crippen molar-refractivity contribution in [2.75, 3.05) is 46.4 Å². The van der Waals surface area contributed by atoms with Gasteiger partial charge in [0.1, 0.15) is 11.8 Å². The summed E-state index contributed by atoms with van der Waals surface area (Å²) in [5, 5.41) is 13.6. The standard InChI is InChI=1S/C23H31N7O3/c1-3-28-8-10-29(11-9-28)21(22-25-26-27-30(22)15-18-5-4-12-33-18)19-13-16-6-7-17(32-2)14-20(16)24-23(19)31/h6-7,13-14,18,21H,3-5,8-12,15H2,1-2H3,(H,24,31). The molecule has 1 aromatic carbocycles. The number of benzene rings is 1. The molecule has 1 N–H and O–H groups in total. The van der Waals surface area contributed by atoms with E-state index < -0.39 is 0 Å². The van der Waals surface area contributed by atoms with E-state index in [1.807, 2.05) is 28.9 Å². The van der Waals surface area contributed by atoms with Gasteiger partial charge in [-0.2, -0.15) is 0 Å².